The van der Waals surface area contributed by atoms with E-state index in [-0.39, 0.29) is 12.1 Å². The van der Waals surface area contributed by atoms with Gasteiger partial charge in [0.2, 0.25) is 0 Å². The number of carbonyl (C=O) groups excluding carboxylic acids is 1. The van der Waals surface area contributed by atoms with Crippen LogP contribution in [0.5, 0.6) is 0 Å². The minimum Gasteiger partial charge on any atom is -0.329 e. The van der Waals surface area contributed by atoms with Gasteiger partial charge in [-0.3, -0.25) is 0 Å². The zero-order valence-corrected chi connectivity index (χ0v) is 10.5. The highest BCUT2D eigenvalue weighted by atomic mass is 79.9. The molecule has 1 aromatic heterocycles. The number of halogens is 1. The Kier molecular flexibility index (Phi) is 3.28. The van der Waals surface area contributed by atoms with E-state index in [1.165, 1.54) is 4.88 Å². The largest absolute Gasteiger partial charge is 0.329 e. The molecule has 0 aromatic carbocycles. The first-order valence-corrected chi connectivity index (χ1v) is 6.32. The molecular formula is C9H12BrN3OS. The summed E-state index contributed by atoms with van der Waals surface area (Å²) in [5.74, 6) is 0. The second kappa shape index (κ2) is 4.51. The van der Waals surface area contributed by atoms with E-state index < -0.39 is 0 Å². The van der Waals surface area contributed by atoms with Gasteiger partial charge in [-0.05, 0) is 28.1 Å². The fraction of sp³-hybridized carbons (Fsp3) is 0.444. The van der Waals surface area contributed by atoms with Crippen LogP contribution in [0.15, 0.2) is 15.9 Å². The molecule has 2 heterocycles. The topological polar surface area (TPSA) is 58.4 Å². The Bertz CT molecular complexity index is 368. The van der Waals surface area contributed by atoms with E-state index in [0.717, 1.165) is 3.79 Å². The Labute approximate surface area is 101 Å². The molecule has 0 radical (unpaired) electrons. The van der Waals surface area contributed by atoms with Crippen molar-refractivity contribution in [2.24, 2.45) is 5.73 Å². The number of hydrogen-bond donors (Lipinski definition) is 2. The quantitative estimate of drug-likeness (QED) is 0.887. The lowest BCUT2D eigenvalue weighted by molar-refractivity contribution is 0.218. The van der Waals surface area contributed by atoms with E-state index in [9.17, 15) is 4.79 Å². The monoisotopic (exact) mass is 289 g/mol. The van der Waals surface area contributed by atoms with Crippen LogP contribution in [0.25, 0.3) is 0 Å². The maximum absolute atomic E-state index is 11.5. The van der Waals surface area contributed by atoms with Crippen molar-refractivity contribution in [2.75, 3.05) is 19.6 Å². The lowest BCUT2D eigenvalue weighted by Crippen LogP contribution is -2.32. The highest BCUT2D eigenvalue weighted by Gasteiger charge is 2.29. The number of nitrogens with one attached hydrogen (secondary N) is 1. The van der Waals surface area contributed by atoms with E-state index in [4.69, 9.17) is 5.73 Å². The van der Waals surface area contributed by atoms with Crippen molar-refractivity contribution in [1.29, 1.82) is 0 Å². The van der Waals surface area contributed by atoms with Gasteiger partial charge >= 0.3 is 6.03 Å². The molecule has 82 valence electrons. The molecule has 1 fully saturated rings. The average molecular weight is 290 g/mol. The van der Waals surface area contributed by atoms with Crippen molar-refractivity contribution < 1.29 is 4.79 Å². The summed E-state index contributed by atoms with van der Waals surface area (Å²) >= 11 is 5.06. The van der Waals surface area contributed by atoms with Crippen LogP contribution in [-0.4, -0.2) is 30.6 Å². The summed E-state index contributed by atoms with van der Waals surface area (Å²) in [6.45, 7) is 1.84. The fourth-order valence-electron chi connectivity index (χ4n) is 1.61. The van der Waals surface area contributed by atoms with Crippen molar-refractivity contribution in [3.63, 3.8) is 0 Å². The second-order valence-electron chi connectivity index (χ2n) is 3.38. The molecule has 1 aromatic rings. The number of urea groups is 1. The van der Waals surface area contributed by atoms with Crippen molar-refractivity contribution in [2.45, 2.75) is 6.04 Å². The molecule has 0 bridgehead atoms. The van der Waals surface area contributed by atoms with Gasteiger partial charge in [0.1, 0.15) is 0 Å². The molecule has 1 aliphatic rings. The first kappa shape index (κ1) is 10.9. The molecule has 0 saturated carbocycles. The lowest BCUT2D eigenvalue weighted by atomic mass is 10.2. The van der Waals surface area contributed by atoms with Crippen molar-refractivity contribution in [3.8, 4) is 0 Å². The van der Waals surface area contributed by atoms with Crippen LogP contribution >= 0.6 is 27.3 Å². The summed E-state index contributed by atoms with van der Waals surface area (Å²) < 4.78 is 1.09. The van der Waals surface area contributed by atoms with Crippen LogP contribution in [0, 0.1) is 0 Å². The van der Waals surface area contributed by atoms with E-state index in [2.05, 4.69) is 21.2 Å². The number of amides is 2. The summed E-state index contributed by atoms with van der Waals surface area (Å²) in [7, 11) is 0. The molecule has 2 rings (SSSR count). The highest BCUT2D eigenvalue weighted by molar-refractivity contribution is 9.11. The predicted molar refractivity (Wildman–Crippen MR) is 63.9 cm³/mol. The molecule has 6 heteroatoms. The van der Waals surface area contributed by atoms with Crippen molar-refractivity contribution in [1.82, 2.24) is 10.2 Å². The van der Waals surface area contributed by atoms with Gasteiger partial charge in [-0.25, -0.2) is 4.79 Å². The Morgan fingerprint density at radius 3 is 3.07 bits per heavy atom. The van der Waals surface area contributed by atoms with Crippen LogP contribution in [0.2, 0.25) is 0 Å². The number of rotatable bonds is 3. The summed E-state index contributed by atoms with van der Waals surface area (Å²) in [4.78, 5) is 14.4. The average Bonchev–Trinajstić information content (AvgIpc) is 2.75. The van der Waals surface area contributed by atoms with Gasteiger partial charge in [0.05, 0.1) is 9.83 Å². The van der Waals surface area contributed by atoms with Gasteiger partial charge in [-0.1, -0.05) is 0 Å². The number of nitrogens with zero attached hydrogens (tertiary/aromatic N) is 1. The molecular weight excluding hydrogens is 278 g/mol. The SMILES string of the molecule is NCCN1CC(c2ccc(Br)s2)NC1=O. The van der Waals surface area contributed by atoms with E-state index in [0.29, 0.717) is 19.6 Å². The number of nitrogens with two attached hydrogens (primary N) is 1. The molecule has 2 amide bonds. The molecule has 4 nitrogen and oxygen atoms in total. The third-order valence-corrected chi connectivity index (χ3v) is 4.06. The zero-order chi connectivity index (χ0) is 10.8. The maximum Gasteiger partial charge on any atom is 0.318 e. The molecule has 0 spiro atoms. The molecule has 1 unspecified atom stereocenters. The molecule has 3 N–H and O–H groups in total. The number of thiophene rings is 1. The van der Waals surface area contributed by atoms with Crippen LogP contribution in [0.3, 0.4) is 0 Å². The number of hydrogen-bond acceptors (Lipinski definition) is 3. The van der Waals surface area contributed by atoms with Crippen LogP contribution in [-0.2, 0) is 0 Å². The summed E-state index contributed by atoms with van der Waals surface area (Å²) in [5, 5.41) is 2.94. The van der Waals surface area contributed by atoms with Gasteiger partial charge in [-0.15, -0.1) is 11.3 Å². The van der Waals surface area contributed by atoms with Crippen LogP contribution in [0.4, 0.5) is 4.79 Å². The maximum atomic E-state index is 11.5. The summed E-state index contributed by atoms with van der Waals surface area (Å²) in [6, 6.07) is 4.12. The minimum atomic E-state index is -0.0185. The summed E-state index contributed by atoms with van der Waals surface area (Å²) in [5.41, 5.74) is 5.43. The highest BCUT2D eigenvalue weighted by Crippen LogP contribution is 2.29. The van der Waals surface area contributed by atoms with Crippen molar-refractivity contribution >= 4 is 33.3 Å². The van der Waals surface area contributed by atoms with Gasteiger partial charge in [0.15, 0.2) is 0 Å². The zero-order valence-electron chi connectivity index (χ0n) is 8.07. The van der Waals surface area contributed by atoms with Crippen LogP contribution < -0.4 is 11.1 Å². The Morgan fingerprint density at radius 2 is 2.47 bits per heavy atom. The van der Waals surface area contributed by atoms with Gasteiger partial charge in [-0.2, -0.15) is 0 Å². The second-order valence-corrected chi connectivity index (χ2v) is 5.87. The minimum absolute atomic E-state index is 0.0185. The molecule has 1 saturated heterocycles. The smallest absolute Gasteiger partial charge is 0.318 e. The van der Waals surface area contributed by atoms with E-state index in [1.54, 1.807) is 16.2 Å². The number of carbonyl (C=O) groups is 1. The molecule has 1 aliphatic heterocycles. The normalized spacial score (nSPS) is 20.8. The molecule has 0 aliphatic carbocycles. The first-order chi connectivity index (χ1) is 7.20. The fourth-order valence-corrected chi connectivity index (χ4v) is 3.08. The molecule has 1 atom stereocenters. The van der Waals surface area contributed by atoms with Gasteiger partial charge in [0.25, 0.3) is 0 Å². The Hall–Kier alpha value is -0.590. The predicted octanol–water partition coefficient (Wildman–Crippen LogP) is 1.54. The Balaban J connectivity index is 2.05. The third kappa shape index (κ3) is 2.32. The standard InChI is InChI=1S/C9H12BrN3OS/c10-8-2-1-7(15-8)6-5-13(4-3-11)9(14)12-6/h1-2,6H,3-5,11H2,(H,12,14). The van der Waals surface area contributed by atoms with Gasteiger partial charge in [0, 0.05) is 24.5 Å². The molecule has 15 heavy (non-hydrogen) atoms. The lowest BCUT2D eigenvalue weighted by Gasteiger charge is -2.11. The summed E-state index contributed by atoms with van der Waals surface area (Å²) in [6.07, 6.45) is 0. The van der Waals surface area contributed by atoms with Crippen molar-refractivity contribution in [3.05, 3.63) is 20.8 Å². The first-order valence-electron chi connectivity index (χ1n) is 4.71. The third-order valence-electron chi connectivity index (χ3n) is 2.32. The van der Waals surface area contributed by atoms with E-state index >= 15 is 0 Å². The Morgan fingerprint density at radius 1 is 1.67 bits per heavy atom. The van der Waals surface area contributed by atoms with Crippen LogP contribution in [0.1, 0.15) is 10.9 Å². The van der Waals surface area contributed by atoms with Gasteiger partial charge < -0.3 is 16.0 Å². The van der Waals surface area contributed by atoms with E-state index in [1.807, 2.05) is 12.1 Å².